The van der Waals surface area contributed by atoms with Gasteiger partial charge in [-0.05, 0) is 19.8 Å². The summed E-state index contributed by atoms with van der Waals surface area (Å²) in [5, 5.41) is 8.36. The van der Waals surface area contributed by atoms with Crippen molar-refractivity contribution in [1.29, 1.82) is 0 Å². The van der Waals surface area contributed by atoms with Crippen molar-refractivity contribution in [2.24, 2.45) is 0 Å². The zero-order chi connectivity index (χ0) is 11.7. The first-order chi connectivity index (χ1) is 6.98. The molecule has 0 heterocycles. The molecule has 0 aliphatic carbocycles. The molecule has 0 saturated carbocycles. The van der Waals surface area contributed by atoms with Crippen LogP contribution in [-0.2, 0) is 14.8 Å². The number of aliphatic carboxylic acids is 1. The van der Waals surface area contributed by atoms with Gasteiger partial charge in [-0.2, -0.15) is 0 Å². The fraction of sp³-hybridized carbons (Fsp3) is 0.889. The molecule has 0 aromatic heterocycles. The van der Waals surface area contributed by atoms with Crippen LogP contribution >= 0.6 is 0 Å². The molecule has 0 saturated heterocycles. The van der Waals surface area contributed by atoms with Gasteiger partial charge >= 0.3 is 5.97 Å². The molecule has 15 heavy (non-hydrogen) atoms. The Labute approximate surface area is 90.9 Å². The molecule has 90 valence electrons. The average Bonchev–Trinajstić information content (AvgIpc) is 2.16. The molecule has 0 amide bonds. The SMILES string of the molecule is CCS(=O)(=O)NCCCCCCC(=O)O. The van der Waals surface area contributed by atoms with Gasteiger partial charge in [-0.15, -0.1) is 0 Å². The van der Waals surface area contributed by atoms with Gasteiger partial charge in [0.05, 0.1) is 5.75 Å². The summed E-state index contributed by atoms with van der Waals surface area (Å²) >= 11 is 0. The largest absolute Gasteiger partial charge is 0.481 e. The molecule has 0 aromatic carbocycles. The standard InChI is InChI=1S/C9H19NO4S/c1-2-15(13,14)10-8-6-4-3-5-7-9(11)12/h10H,2-8H2,1H3,(H,11,12). The third kappa shape index (κ3) is 9.68. The first kappa shape index (κ1) is 14.4. The molecule has 0 rings (SSSR count). The van der Waals surface area contributed by atoms with Crippen molar-refractivity contribution >= 4 is 16.0 Å². The van der Waals surface area contributed by atoms with Gasteiger partial charge in [-0.25, -0.2) is 13.1 Å². The maximum atomic E-state index is 11.0. The van der Waals surface area contributed by atoms with E-state index >= 15 is 0 Å². The molecule has 0 bridgehead atoms. The molecule has 5 nitrogen and oxygen atoms in total. The van der Waals surface area contributed by atoms with E-state index in [0.29, 0.717) is 13.0 Å². The number of carboxylic acid groups (broad SMARTS) is 1. The van der Waals surface area contributed by atoms with E-state index in [0.717, 1.165) is 19.3 Å². The zero-order valence-electron chi connectivity index (χ0n) is 9.03. The predicted octanol–water partition coefficient (Wildman–Crippen LogP) is 0.961. The minimum atomic E-state index is -3.07. The van der Waals surface area contributed by atoms with Crippen molar-refractivity contribution in [2.45, 2.75) is 39.0 Å². The van der Waals surface area contributed by atoms with E-state index in [9.17, 15) is 13.2 Å². The van der Waals surface area contributed by atoms with E-state index in [-0.39, 0.29) is 12.2 Å². The third-order valence-corrected chi connectivity index (χ3v) is 3.42. The topological polar surface area (TPSA) is 83.5 Å². The van der Waals surface area contributed by atoms with Gasteiger partial charge in [0.1, 0.15) is 0 Å². The smallest absolute Gasteiger partial charge is 0.303 e. The van der Waals surface area contributed by atoms with Crippen LogP contribution in [0.3, 0.4) is 0 Å². The van der Waals surface area contributed by atoms with Gasteiger partial charge in [-0.1, -0.05) is 12.8 Å². The lowest BCUT2D eigenvalue weighted by atomic mass is 10.1. The fourth-order valence-corrected chi connectivity index (χ4v) is 1.74. The van der Waals surface area contributed by atoms with E-state index in [2.05, 4.69) is 4.72 Å². The van der Waals surface area contributed by atoms with Crippen LogP contribution in [-0.4, -0.2) is 31.8 Å². The van der Waals surface area contributed by atoms with Gasteiger partial charge < -0.3 is 5.11 Å². The fourth-order valence-electron chi connectivity index (χ4n) is 1.08. The summed E-state index contributed by atoms with van der Waals surface area (Å²) in [7, 11) is -3.07. The highest BCUT2D eigenvalue weighted by molar-refractivity contribution is 7.89. The van der Waals surface area contributed by atoms with Crippen molar-refractivity contribution in [3.63, 3.8) is 0 Å². The highest BCUT2D eigenvalue weighted by Crippen LogP contribution is 2.02. The van der Waals surface area contributed by atoms with Crippen LogP contribution in [0.1, 0.15) is 39.0 Å². The average molecular weight is 237 g/mol. The maximum absolute atomic E-state index is 11.0. The zero-order valence-corrected chi connectivity index (χ0v) is 9.85. The molecule has 6 heteroatoms. The molecular weight excluding hydrogens is 218 g/mol. The van der Waals surface area contributed by atoms with E-state index < -0.39 is 16.0 Å². The number of unbranched alkanes of at least 4 members (excludes halogenated alkanes) is 3. The number of hydrogen-bond donors (Lipinski definition) is 2. The van der Waals surface area contributed by atoms with Crippen molar-refractivity contribution in [3.8, 4) is 0 Å². The summed E-state index contributed by atoms with van der Waals surface area (Å²) in [5.74, 6) is -0.673. The van der Waals surface area contributed by atoms with Crippen LogP contribution < -0.4 is 4.72 Å². The molecule has 2 N–H and O–H groups in total. The van der Waals surface area contributed by atoms with E-state index in [1.165, 1.54) is 0 Å². The molecule has 0 aromatic rings. The molecule has 0 atom stereocenters. The van der Waals surface area contributed by atoms with E-state index in [1.54, 1.807) is 6.92 Å². The Bertz CT molecular complexity index is 274. The van der Waals surface area contributed by atoms with Crippen LogP contribution in [0.2, 0.25) is 0 Å². The molecule has 0 spiro atoms. The predicted molar refractivity (Wildman–Crippen MR) is 58.2 cm³/mol. The number of nitrogens with one attached hydrogen (secondary N) is 1. The summed E-state index contributed by atoms with van der Waals surface area (Å²) in [6.07, 6.45) is 3.31. The molecule has 0 aliphatic heterocycles. The normalized spacial score (nSPS) is 11.5. The minimum absolute atomic E-state index is 0.103. The van der Waals surface area contributed by atoms with Crippen LogP contribution in [0.4, 0.5) is 0 Å². The molecule has 0 aliphatic rings. The van der Waals surface area contributed by atoms with Crippen LogP contribution in [0.5, 0.6) is 0 Å². The van der Waals surface area contributed by atoms with Crippen LogP contribution in [0.15, 0.2) is 0 Å². The summed E-state index contributed by atoms with van der Waals surface area (Å²) in [4.78, 5) is 10.2. The number of hydrogen-bond acceptors (Lipinski definition) is 3. The maximum Gasteiger partial charge on any atom is 0.303 e. The lowest BCUT2D eigenvalue weighted by molar-refractivity contribution is -0.137. The Morgan fingerprint density at radius 3 is 2.33 bits per heavy atom. The summed E-state index contributed by atoms with van der Waals surface area (Å²) in [6.45, 7) is 2.04. The highest BCUT2D eigenvalue weighted by atomic mass is 32.2. The van der Waals surface area contributed by atoms with Gasteiger partial charge in [0.15, 0.2) is 0 Å². The second-order valence-corrected chi connectivity index (χ2v) is 5.45. The first-order valence-electron chi connectivity index (χ1n) is 5.17. The highest BCUT2D eigenvalue weighted by Gasteiger charge is 2.04. The second kappa shape index (κ2) is 7.64. The van der Waals surface area contributed by atoms with E-state index in [4.69, 9.17) is 5.11 Å². The Morgan fingerprint density at radius 2 is 1.80 bits per heavy atom. The molecule has 0 fully saturated rings. The van der Waals surface area contributed by atoms with Crippen molar-refractivity contribution < 1.29 is 18.3 Å². The third-order valence-electron chi connectivity index (χ3n) is 2.02. The monoisotopic (exact) mass is 237 g/mol. The summed E-state index contributed by atoms with van der Waals surface area (Å²) in [5.41, 5.74) is 0. The van der Waals surface area contributed by atoms with Crippen LogP contribution in [0, 0.1) is 0 Å². The number of rotatable bonds is 9. The lowest BCUT2D eigenvalue weighted by Gasteiger charge is -2.03. The number of carbonyl (C=O) groups is 1. The Hall–Kier alpha value is -0.620. The molecular formula is C9H19NO4S. The Kier molecular flexibility index (Phi) is 7.33. The summed E-state index contributed by atoms with van der Waals surface area (Å²) in [6, 6.07) is 0. The van der Waals surface area contributed by atoms with E-state index in [1.807, 2.05) is 0 Å². The Morgan fingerprint density at radius 1 is 1.20 bits per heavy atom. The summed E-state index contributed by atoms with van der Waals surface area (Å²) < 4.78 is 24.4. The van der Waals surface area contributed by atoms with Crippen LogP contribution in [0.25, 0.3) is 0 Å². The van der Waals surface area contributed by atoms with Gasteiger partial charge in [0.2, 0.25) is 10.0 Å². The molecule has 0 radical (unpaired) electrons. The number of sulfonamides is 1. The van der Waals surface area contributed by atoms with Gasteiger partial charge in [-0.3, -0.25) is 4.79 Å². The number of carboxylic acids is 1. The lowest BCUT2D eigenvalue weighted by Crippen LogP contribution is -2.26. The van der Waals surface area contributed by atoms with Gasteiger partial charge in [0.25, 0.3) is 0 Å². The van der Waals surface area contributed by atoms with Gasteiger partial charge in [0, 0.05) is 13.0 Å². The van der Waals surface area contributed by atoms with Crippen molar-refractivity contribution in [3.05, 3.63) is 0 Å². The molecule has 0 unspecified atom stereocenters. The first-order valence-corrected chi connectivity index (χ1v) is 6.82. The minimum Gasteiger partial charge on any atom is -0.481 e. The Balaban J connectivity index is 3.29. The van der Waals surface area contributed by atoms with Crippen molar-refractivity contribution in [1.82, 2.24) is 4.72 Å². The second-order valence-electron chi connectivity index (χ2n) is 3.36. The quantitative estimate of drug-likeness (QED) is 0.585. The van der Waals surface area contributed by atoms with Crippen molar-refractivity contribution in [2.75, 3.05) is 12.3 Å².